The molecular formula is C18H18N2O5S. The molecule has 0 aromatic heterocycles. The Hall–Kier alpha value is -2.74. The first-order valence-electron chi connectivity index (χ1n) is 8.02. The van der Waals surface area contributed by atoms with Crippen LogP contribution in [0.5, 0.6) is 0 Å². The lowest BCUT2D eigenvalue weighted by Crippen LogP contribution is -2.49. The van der Waals surface area contributed by atoms with Crippen molar-refractivity contribution < 1.29 is 23.9 Å². The Morgan fingerprint density at radius 3 is 2.77 bits per heavy atom. The predicted molar refractivity (Wildman–Crippen MR) is 95.4 cm³/mol. The van der Waals surface area contributed by atoms with Crippen molar-refractivity contribution in [2.24, 2.45) is 0 Å². The molecule has 1 N–H and O–H groups in total. The van der Waals surface area contributed by atoms with Crippen LogP contribution in [-0.2, 0) is 25.7 Å². The number of amides is 2. The molecule has 1 atom stereocenters. The summed E-state index contributed by atoms with van der Waals surface area (Å²) in [4.78, 5) is 37.7. The summed E-state index contributed by atoms with van der Waals surface area (Å²) >= 11 is 1.28. The van der Waals surface area contributed by atoms with E-state index in [0.717, 1.165) is 10.5 Å². The van der Waals surface area contributed by atoms with Crippen molar-refractivity contribution in [1.29, 1.82) is 0 Å². The van der Waals surface area contributed by atoms with Crippen LogP contribution in [0.25, 0.3) is 0 Å². The van der Waals surface area contributed by atoms with Gasteiger partial charge in [0.15, 0.2) is 0 Å². The number of carbonyl (C=O) groups is 3. The number of hydrogen-bond acceptors (Lipinski definition) is 6. The number of fused-ring (bicyclic) bond motifs is 1. The van der Waals surface area contributed by atoms with E-state index in [9.17, 15) is 14.4 Å². The zero-order valence-electron chi connectivity index (χ0n) is 14.1. The molecule has 0 bridgehead atoms. The van der Waals surface area contributed by atoms with Gasteiger partial charge in [-0.1, -0.05) is 42.1 Å². The van der Waals surface area contributed by atoms with Gasteiger partial charge >= 0.3 is 12.1 Å². The van der Waals surface area contributed by atoms with Gasteiger partial charge in [-0.05, 0) is 11.0 Å². The van der Waals surface area contributed by atoms with Crippen LogP contribution in [0.1, 0.15) is 18.4 Å². The summed E-state index contributed by atoms with van der Waals surface area (Å²) in [6.45, 7) is 0.146. The van der Waals surface area contributed by atoms with Gasteiger partial charge in [0.25, 0.3) is 0 Å². The Balaban J connectivity index is 1.67. The van der Waals surface area contributed by atoms with Gasteiger partial charge in [-0.3, -0.25) is 10.1 Å². The molecule has 0 spiro atoms. The average Bonchev–Trinajstić information content (AvgIpc) is 2.96. The van der Waals surface area contributed by atoms with E-state index in [2.05, 4.69) is 10.1 Å². The summed E-state index contributed by atoms with van der Waals surface area (Å²) in [5.74, 6) is -0.588. The van der Waals surface area contributed by atoms with E-state index in [0.29, 0.717) is 18.5 Å². The maximum Gasteiger partial charge on any atom is 0.410 e. The van der Waals surface area contributed by atoms with Gasteiger partial charge in [0.1, 0.15) is 12.3 Å². The lowest BCUT2D eigenvalue weighted by Gasteiger charge is -2.35. The van der Waals surface area contributed by atoms with Crippen LogP contribution in [0.4, 0.5) is 4.79 Å². The van der Waals surface area contributed by atoms with Crippen molar-refractivity contribution >= 4 is 29.7 Å². The number of thioether (sulfide) groups is 1. The molecule has 7 nitrogen and oxygen atoms in total. The molecule has 8 heteroatoms. The highest BCUT2D eigenvalue weighted by atomic mass is 32.2. The first-order chi connectivity index (χ1) is 12.6. The Kier molecular flexibility index (Phi) is 5.62. The fraction of sp³-hybridized carbons (Fsp3) is 0.278. The van der Waals surface area contributed by atoms with E-state index in [1.165, 1.54) is 30.0 Å². The molecule has 26 heavy (non-hydrogen) atoms. The van der Waals surface area contributed by atoms with Crippen molar-refractivity contribution in [2.75, 3.05) is 7.11 Å². The molecule has 1 saturated heterocycles. The number of hydrogen-bond donors (Lipinski definition) is 1. The second-order valence-electron chi connectivity index (χ2n) is 5.72. The molecule has 0 saturated carbocycles. The minimum Gasteiger partial charge on any atom is -0.456 e. The normalized spacial score (nSPS) is 18.6. The first-order valence-corrected chi connectivity index (χ1v) is 8.90. The molecule has 0 aliphatic carbocycles. The van der Waals surface area contributed by atoms with Crippen LogP contribution < -0.4 is 5.32 Å². The van der Waals surface area contributed by atoms with Crippen molar-refractivity contribution in [1.82, 2.24) is 10.2 Å². The second-order valence-corrected chi connectivity index (χ2v) is 6.72. The van der Waals surface area contributed by atoms with E-state index >= 15 is 0 Å². The largest absolute Gasteiger partial charge is 0.456 e. The van der Waals surface area contributed by atoms with Crippen LogP contribution >= 0.6 is 11.8 Å². The van der Waals surface area contributed by atoms with Gasteiger partial charge in [0.2, 0.25) is 5.91 Å². The zero-order chi connectivity index (χ0) is 18.5. The highest BCUT2D eigenvalue weighted by Gasteiger charge is 2.47. The topological polar surface area (TPSA) is 84.9 Å². The van der Waals surface area contributed by atoms with Crippen LogP contribution in [0.2, 0.25) is 0 Å². The maximum absolute atomic E-state index is 12.6. The zero-order valence-corrected chi connectivity index (χ0v) is 15.0. The van der Waals surface area contributed by atoms with E-state index in [4.69, 9.17) is 4.74 Å². The van der Waals surface area contributed by atoms with Crippen molar-refractivity contribution in [3.63, 3.8) is 0 Å². The van der Waals surface area contributed by atoms with Crippen molar-refractivity contribution in [3.05, 3.63) is 58.1 Å². The summed E-state index contributed by atoms with van der Waals surface area (Å²) in [5, 5.41) is 4.04. The molecule has 1 aromatic rings. The van der Waals surface area contributed by atoms with E-state index in [1.807, 2.05) is 30.3 Å². The predicted octanol–water partition coefficient (Wildman–Crippen LogP) is 2.51. The number of rotatable bonds is 6. The third kappa shape index (κ3) is 3.91. The third-order valence-electron chi connectivity index (χ3n) is 4.04. The lowest BCUT2D eigenvalue weighted by atomic mass is 10.0. The standard InChI is InChI=1S/C18H18N2O5S/c1-24-18(23)19-7-8-26-14-9-13-10-15(21)20(13)16(14)17(22)25-11-12-5-3-2-4-6-12/h2-8,13H,9-11H2,1H3,(H,19,23). The second kappa shape index (κ2) is 8.09. The highest BCUT2D eigenvalue weighted by molar-refractivity contribution is 8.05. The van der Waals surface area contributed by atoms with Gasteiger partial charge in [0.05, 0.1) is 13.2 Å². The Labute approximate surface area is 155 Å². The van der Waals surface area contributed by atoms with E-state index in [1.54, 1.807) is 5.41 Å². The molecule has 0 radical (unpaired) electrons. The average molecular weight is 374 g/mol. The SMILES string of the molecule is COC(=O)NC=CSC1=C(C(=O)OCc2ccccc2)N2C(=O)CC2C1. The number of esters is 1. The molecule has 2 aliphatic rings. The maximum atomic E-state index is 12.6. The number of alkyl carbamates (subject to hydrolysis) is 1. The molecule has 136 valence electrons. The number of β-lactam (4-membered cyclic amide) rings is 1. The van der Waals surface area contributed by atoms with Crippen molar-refractivity contribution in [3.8, 4) is 0 Å². The monoisotopic (exact) mass is 374 g/mol. The summed E-state index contributed by atoms with van der Waals surface area (Å²) in [6, 6.07) is 9.37. The number of benzene rings is 1. The van der Waals surface area contributed by atoms with Crippen molar-refractivity contribution in [2.45, 2.75) is 25.5 Å². The lowest BCUT2D eigenvalue weighted by molar-refractivity contribution is -0.150. The van der Waals surface area contributed by atoms with Gasteiger partial charge in [-0.2, -0.15) is 0 Å². The number of ether oxygens (including phenoxy) is 2. The van der Waals surface area contributed by atoms with Gasteiger partial charge in [0, 0.05) is 23.9 Å². The van der Waals surface area contributed by atoms with Crippen LogP contribution in [0, 0.1) is 0 Å². The molecular weight excluding hydrogens is 356 g/mol. The highest BCUT2D eigenvalue weighted by Crippen LogP contribution is 2.43. The molecule has 1 aromatic carbocycles. The number of nitrogens with one attached hydrogen (secondary N) is 1. The summed E-state index contributed by atoms with van der Waals surface area (Å²) in [5.41, 5.74) is 1.18. The number of methoxy groups -OCH3 is 1. The van der Waals surface area contributed by atoms with Crippen LogP contribution in [0.15, 0.2) is 52.5 Å². The Morgan fingerprint density at radius 2 is 2.08 bits per heavy atom. The smallest absolute Gasteiger partial charge is 0.410 e. The number of nitrogens with zero attached hydrogens (tertiary/aromatic N) is 1. The molecule has 2 heterocycles. The van der Waals surface area contributed by atoms with Crippen LogP contribution in [-0.4, -0.2) is 36.0 Å². The third-order valence-corrected chi connectivity index (χ3v) is 4.96. The van der Waals surface area contributed by atoms with Gasteiger partial charge in [-0.25, -0.2) is 9.59 Å². The minimum atomic E-state index is -0.580. The molecule has 2 amide bonds. The molecule has 1 fully saturated rings. The fourth-order valence-corrected chi connectivity index (χ4v) is 3.67. The molecule has 1 unspecified atom stereocenters. The van der Waals surface area contributed by atoms with Gasteiger partial charge in [-0.15, -0.1) is 0 Å². The molecule has 2 aliphatic heterocycles. The summed E-state index contributed by atoms with van der Waals surface area (Å²) in [6.07, 6.45) is 1.88. The van der Waals surface area contributed by atoms with Crippen LogP contribution in [0.3, 0.4) is 0 Å². The van der Waals surface area contributed by atoms with Gasteiger partial charge < -0.3 is 14.4 Å². The van der Waals surface area contributed by atoms with E-state index < -0.39 is 12.1 Å². The summed E-state index contributed by atoms with van der Waals surface area (Å²) < 4.78 is 9.85. The molecule has 3 rings (SSSR count). The Bertz CT molecular complexity index is 775. The quantitative estimate of drug-likeness (QED) is 0.608. The first kappa shape index (κ1) is 18.1. The summed E-state index contributed by atoms with van der Waals surface area (Å²) in [7, 11) is 1.27. The van der Waals surface area contributed by atoms with E-state index in [-0.39, 0.29) is 18.6 Å². The Morgan fingerprint density at radius 1 is 1.31 bits per heavy atom. The fourth-order valence-electron chi connectivity index (χ4n) is 2.78. The number of carbonyl (C=O) groups excluding carboxylic acids is 3. The minimum absolute atomic E-state index is 0.0197.